The molecule has 0 fully saturated rings. The summed E-state index contributed by atoms with van der Waals surface area (Å²) in [6.07, 6.45) is 4.91. The third-order valence-corrected chi connectivity index (χ3v) is 3.94. The number of hydrogen-bond acceptors (Lipinski definition) is 6. The number of nitrogens with two attached hydrogens (primary N) is 1. The van der Waals surface area contributed by atoms with E-state index in [0.29, 0.717) is 27.9 Å². The molecule has 0 aliphatic rings. The van der Waals surface area contributed by atoms with Crippen LogP contribution in [0.25, 0.3) is 5.65 Å². The van der Waals surface area contributed by atoms with E-state index in [1.54, 1.807) is 23.0 Å². The van der Waals surface area contributed by atoms with E-state index in [9.17, 15) is 4.79 Å². The van der Waals surface area contributed by atoms with Gasteiger partial charge in [0.2, 0.25) is 0 Å². The molecule has 0 atom stereocenters. The normalized spacial score (nSPS) is 10.9. The molecule has 0 spiro atoms. The Kier molecular flexibility index (Phi) is 3.57. The second kappa shape index (κ2) is 5.53. The second-order valence-electron chi connectivity index (χ2n) is 4.56. The Morgan fingerprint density at radius 3 is 2.90 bits per heavy atom. The van der Waals surface area contributed by atoms with Gasteiger partial charge in [-0.1, -0.05) is 17.8 Å². The van der Waals surface area contributed by atoms with Crippen molar-refractivity contribution >= 4 is 23.2 Å². The van der Waals surface area contributed by atoms with Crippen LogP contribution in [0.5, 0.6) is 0 Å². The van der Waals surface area contributed by atoms with Gasteiger partial charge in [-0.05, 0) is 18.6 Å². The number of anilines is 1. The van der Waals surface area contributed by atoms with Crippen LogP contribution in [0.3, 0.4) is 0 Å². The van der Waals surface area contributed by atoms with Crippen molar-refractivity contribution in [3.05, 3.63) is 58.4 Å². The minimum absolute atomic E-state index is 0.0913. The van der Waals surface area contributed by atoms with Gasteiger partial charge >= 0.3 is 0 Å². The number of rotatable bonds is 3. The molecule has 2 N–H and O–H groups in total. The molecule has 0 saturated heterocycles. The van der Waals surface area contributed by atoms with Crippen molar-refractivity contribution in [3.63, 3.8) is 0 Å². The Morgan fingerprint density at radius 1 is 1.29 bits per heavy atom. The van der Waals surface area contributed by atoms with Crippen molar-refractivity contribution < 1.29 is 0 Å². The molecule has 0 aliphatic carbocycles. The molecule has 6 nitrogen and oxygen atoms in total. The minimum atomic E-state index is -0.0913. The Morgan fingerprint density at radius 2 is 2.10 bits per heavy atom. The summed E-state index contributed by atoms with van der Waals surface area (Å²) in [5.74, 6) is 0.901. The fourth-order valence-electron chi connectivity index (χ4n) is 1.92. The summed E-state index contributed by atoms with van der Waals surface area (Å²) < 4.78 is 1.54. The molecule has 0 radical (unpaired) electrons. The van der Waals surface area contributed by atoms with E-state index < -0.39 is 0 Å². The van der Waals surface area contributed by atoms with Crippen molar-refractivity contribution in [2.75, 3.05) is 5.73 Å². The first-order valence-electron chi connectivity index (χ1n) is 6.32. The van der Waals surface area contributed by atoms with Gasteiger partial charge in [-0.15, -0.1) is 0 Å². The number of pyridine rings is 1. The van der Waals surface area contributed by atoms with E-state index in [1.165, 1.54) is 17.8 Å². The quantitative estimate of drug-likeness (QED) is 0.740. The highest BCUT2D eigenvalue weighted by Crippen LogP contribution is 2.23. The van der Waals surface area contributed by atoms with Gasteiger partial charge in [0.05, 0.1) is 5.69 Å². The third-order valence-electron chi connectivity index (χ3n) is 2.91. The van der Waals surface area contributed by atoms with Gasteiger partial charge in [0.25, 0.3) is 5.56 Å². The predicted molar refractivity (Wildman–Crippen MR) is 82.2 cm³/mol. The Bertz CT molecular complexity index is 861. The average Bonchev–Trinajstić information content (AvgIpc) is 2.47. The molecule has 7 heteroatoms. The van der Waals surface area contributed by atoms with E-state index in [-0.39, 0.29) is 5.56 Å². The van der Waals surface area contributed by atoms with Crippen molar-refractivity contribution in [3.8, 4) is 0 Å². The Labute approximate surface area is 125 Å². The average molecular weight is 299 g/mol. The van der Waals surface area contributed by atoms with Gasteiger partial charge in [-0.2, -0.15) is 0 Å². The number of nitrogens with zero attached hydrogens (tertiary/aromatic N) is 4. The molecular weight excluding hydrogens is 286 g/mol. The molecule has 0 amide bonds. The molecule has 0 saturated carbocycles. The lowest BCUT2D eigenvalue weighted by Crippen LogP contribution is -2.15. The number of aryl methyl sites for hydroxylation is 1. The first-order chi connectivity index (χ1) is 10.1. The molecule has 3 rings (SSSR count). The Balaban J connectivity index is 1.90. The monoisotopic (exact) mass is 299 g/mol. The zero-order valence-electron chi connectivity index (χ0n) is 11.4. The maximum atomic E-state index is 12.1. The fraction of sp³-hybridized carbons (Fsp3) is 0.143. The van der Waals surface area contributed by atoms with Crippen molar-refractivity contribution in [2.24, 2.45) is 0 Å². The van der Waals surface area contributed by atoms with Crippen LogP contribution >= 0.6 is 11.8 Å². The standard InChI is InChI=1S/C14H13N5OS/c1-9-2-3-11-18-10(6-12(20)19(11)7-9)8-21-14-13(15)16-4-5-17-14/h2-7H,8H2,1H3,(H2,15,16). The SMILES string of the molecule is Cc1ccc2nc(CSc3nccnc3N)cc(=O)n2c1. The van der Waals surface area contributed by atoms with Crippen molar-refractivity contribution in [1.29, 1.82) is 0 Å². The molecule has 3 heterocycles. The second-order valence-corrected chi connectivity index (χ2v) is 5.52. The summed E-state index contributed by atoms with van der Waals surface area (Å²) in [5.41, 5.74) is 7.99. The minimum Gasteiger partial charge on any atom is -0.381 e. The van der Waals surface area contributed by atoms with Gasteiger partial charge in [-0.3, -0.25) is 9.20 Å². The molecule has 3 aromatic heterocycles. The maximum Gasteiger partial charge on any atom is 0.258 e. The van der Waals surface area contributed by atoms with Crippen LogP contribution in [-0.2, 0) is 5.75 Å². The summed E-state index contributed by atoms with van der Waals surface area (Å²) in [4.78, 5) is 24.7. The smallest absolute Gasteiger partial charge is 0.258 e. The number of hydrogen-bond donors (Lipinski definition) is 1. The molecule has 106 valence electrons. The van der Waals surface area contributed by atoms with Crippen LogP contribution in [0.2, 0.25) is 0 Å². The molecule has 0 aliphatic heterocycles. The molecule has 0 aromatic carbocycles. The number of thioether (sulfide) groups is 1. The third kappa shape index (κ3) is 2.87. The molecular formula is C14H13N5OS. The first kappa shape index (κ1) is 13.6. The van der Waals surface area contributed by atoms with Crippen molar-refractivity contribution in [1.82, 2.24) is 19.4 Å². The van der Waals surface area contributed by atoms with E-state index in [1.807, 2.05) is 19.1 Å². The lowest BCUT2D eigenvalue weighted by Gasteiger charge is -2.05. The summed E-state index contributed by atoms with van der Waals surface area (Å²) in [5, 5.41) is 0.642. The van der Waals surface area contributed by atoms with Crippen LogP contribution in [0.4, 0.5) is 5.82 Å². The van der Waals surface area contributed by atoms with Crippen LogP contribution in [0.1, 0.15) is 11.3 Å². The van der Waals surface area contributed by atoms with Gasteiger partial charge in [-0.25, -0.2) is 15.0 Å². The largest absolute Gasteiger partial charge is 0.381 e. The maximum absolute atomic E-state index is 12.1. The highest BCUT2D eigenvalue weighted by Gasteiger charge is 2.06. The van der Waals surface area contributed by atoms with Crippen LogP contribution < -0.4 is 11.3 Å². The first-order valence-corrected chi connectivity index (χ1v) is 7.30. The van der Waals surface area contributed by atoms with Gasteiger partial charge in [0.15, 0.2) is 5.82 Å². The van der Waals surface area contributed by atoms with E-state index >= 15 is 0 Å². The van der Waals surface area contributed by atoms with E-state index in [0.717, 1.165) is 5.56 Å². The summed E-state index contributed by atoms with van der Waals surface area (Å²) in [7, 11) is 0. The van der Waals surface area contributed by atoms with Gasteiger partial charge in [0.1, 0.15) is 10.7 Å². The summed E-state index contributed by atoms with van der Waals surface area (Å²) >= 11 is 1.41. The molecule has 0 bridgehead atoms. The van der Waals surface area contributed by atoms with Crippen LogP contribution in [0.15, 0.2) is 46.6 Å². The molecule has 0 unspecified atom stereocenters. The number of fused-ring (bicyclic) bond motifs is 1. The van der Waals surface area contributed by atoms with Crippen LogP contribution in [-0.4, -0.2) is 19.4 Å². The van der Waals surface area contributed by atoms with E-state index in [2.05, 4.69) is 15.0 Å². The Hall–Kier alpha value is -2.41. The predicted octanol–water partition coefficient (Wildman–Crippen LogP) is 1.67. The zero-order valence-corrected chi connectivity index (χ0v) is 12.2. The molecule has 3 aromatic rings. The fourth-order valence-corrected chi connectivity index (χ4v) is 2.69. The lowest BCUT2D eigenvalue weighted by atomic mass is 10.3. The topological polar surface area (TPSA) is 86.2 Å². The van der Waals surface area contributed by atoms with Crippen molar-refractivity contribution in [2.45, 2.75) is 17.7 Å². The number of aromatic nitrogens is 4. The van der Waals surface area contributed by atoms with E-state index in [4.69, 9.17) is 5.73 Å². The lowest BCUT2D eigenvalue weighted by molar-refractivity contribution is 0.999. The van der Waals surface area contributed by atoms with Gasteiger partial charge in [0, 0.05) is 30.4 Å². The van der Waals surface area contributed by atoms with Gasteiger partial charge < -0.3 is 5.73 Å². The van der Waals surface area contributed by atoms with Crippen LogP contribution in [0, 0.1) is 6.92 Å². The number of nitrogen functional groups attached to an aromatic ring is 1. The molecule has 21 heavy (non-hydrogen) atoms. The summed E-state index contributed by atoms with van der Waals surface area (Å²) in [6.45, 7) is 1.94. The zero-order chi connectivity index (χ0) is 14.8. The highest BCUT2D eigenvalue weighted by atomic mass is 32.2. The highest BCUT2D eigenvalue weighted by molar-refractivity contribution is 7.98. The summed E-state index contributed by atoms with van der Waals surface area (Å²) in [6, 6.07) is 5.30.